The van der Waals surface area contributed by atoms with Crippen LogP contribution < -0.4 is 0 Å². The summed E-state index contributed by atoms with van der Waals surface area (Å²) in [4.78, 5) is 0. The molecule has 1 aliphatic rings. The van der Waals surface area contributed by atoms with E-state index in [4.69, 9.17) is 14.2 Å². The highest BCUT2D eigenvalue weighted by Gasteiger charge is 2.22. The topological polar surface area (TPSA) is 47.9 Å². The molecule has 1 aromatic rings. The molecule has 0 saturated carbocycles. The summed E-state index contributed by atoms with van der Waals surface area (Å²) in [6.45, 7) is 2.43. The van der Waals surface area contributed by atoms with Gasteiger partial charge in [0.25, 0.3) is 0 Å². The first-order chi connectivity index (χ1) is 8.77. The van der Waals surface area contributed by atoms with E-state index in [2.05, 4.69) is 0 Å². The molecule has 0 radical (unpaired) electrons. The Morgan fingerprint density at radius 2 is 2.00 bits per heavy atom. The van der Waals surface area contributed by atoms with Crippen molar-refractivity contribution in [3.63, 3.8) is 0 Å². The van der Waals surface area contributed by atoms with Gasteiger partial charge in [-0.05, 0) is 13.0 Å². The average Bonchev–Trinajstić information content (AvgIpc) is 2.41. The number of aliphatic hydroxyl groups is 1. The van der Waals surface area contributed by atoms with Crippen molar-refractivity contribution in [1.29, 1.82) is 0 Å². The lowest BCUT2D eigenvalue weighted by Crippen LogP contribution is -2.32. The van der Waals surface area contributed by atoms with E-state index in [1.807, 2.05) is 30.3 Å². The number of hydrogen-bond donors (Lipinski definition) is 1. The molecule has 0 amide bonds. The molecular weight excluding hydrogens is 232 g/mol. The van der Waals surface area contributed by atoms with E-state index < -0.39 is 12.4 Å². The lowest BCUT2D eigenvalue weighted by Gasteiger charge is -2.26. The fourth-order valence-electron chi connectivity index (χ4n) is 1.65. The summed E-state index contributed by atoms with van der Waals surface area (Å²) in [5.41, 5.74) is 0.937. The van der Waals surface area contributed by atoms with Crippen molar-refractivity contribution >= 4 is 0 Å². The Morgan fingerprint density at radius 3 is 2.78 bits per heavy atom. The third kappa shape index (κ3) is 3.57. The highest BCUT2D eigenvalue weighted by Crippen LogP contribution is 2.22. The van der Waals surface area contributed by atoms with E-state index in [1.165, 1.54) is 0 Å². The highest BCUT2D eigenvalue weighted by atomic mass is 16.7. The van der Waals surface area contributed by atoms with Crippen LogP contribution in [0.25, 0.3) is 0 Å². The molecule has 4 nitrogen and oxygen atoms in total. The molecule has 1 aromatic carbocycles. The Kier molecular flexibility index (Phi) is 4.75. The standard InChI is InChI=1S/C14H18O4/c1-11-13(15)10-16-8-5-9-17-14(18-11)12-6-3-2-4-7-12/h2-8,11,13-15H,9-10H2,1H3/b8-5-/t11-,13?,14?/m0/s1. The third-order valence-corrected chi connectivity index (χ3v) is 2.76. The van der Waals surface area contributed by atoms with Gasteiger partial charge < -0.3 is 19.3 Å². The van der Waals surface area contributed by atoms with E-state index in [0.29, 0.717) is 6.61 Å². The molecule has 0 spiro atoms. The molecule has 1 N–H and O–H groups in total. The van der Waals surface area contributed by atoms with Crippen LogP contribution in [0.5, 0.6) is 0 Å². The van der Waals surface area contributed by atoms with Gasteiger partial charge in [-0.1, -0.05) is 30.3 Å². The summed E-state index contributed by atoms with van der Waals surface area (Å²) in [6, 6.07) is 9.68. The molecule has 0 aromatic heterocycles. The predicted molar refractivity (Wildman–Crippen MR) is 66.8 cm³/mol. The van der Waals surface area contributed by atoms with Crippen molar-refractivity contribution in [3.05, 3.63) is 48.2 Å². The second kappa shape index (κ2) is 6.54. The van der Waals surface area contributed by atoms with E-state index in [1.54, 1.807) is 19.3 Å². The molecule has 0 aliphatic carbocycles. The minimum atomic E-state index is -0.678. The lowest BCUT2D eigenvalue weighted by molar-refractivity contribution is -0.193. The van der Waals surface area contributed by atoms with Crippen LogP contribution >= 0.6 is 0 Å². The Balaban J connectivity index is 2.11. The van der Waals surface area contributed by atoms with Gasteiger partial charge in [0, 0.05) is 5.56 Å². The summed E-state index contributed by atoms with van der Waals surface area (Å²) in [5, 5.41) is 9.82. The Morgan fingerprint density at radius 1 is 1.22 bits per heavy atom. The number of aliphatic hydroxyl groups excluding tert-OH is 1. The van der Waals surface area contributed by atoms with Crippen molar-refractivity contribution in [2.75, 3.05) is 13.2 Å². The van der Waals surface area contributed by atoms with Gasteiger partial charge in [-0.15, -0.1) is 0 Å². The fourth-order valence-corrected chi connectivity index (χ4v) is 1.65. The summed E-state index contributed by atoms with van der Waals surface area (Å²) >= 11 is 0. The monoisotopic (exact) mass is 250 g/mol. The molecule has 18 heavy (non-hydrogen) atoms. The van der Waals surface area contributed by atoms with Crippen molar-refractivity contribution < 1.29 is 19.3 Å². The zero-order valence-corrected chi connectivity index (χ0v) is 10.4. The number of benzene rings is 1. The second-order valence-electron chi connectivity index (χ2n) is 4.19. The van der Waals surface area contributed by atoms with Crippen molar-refractivity contribution in [3.8, 4) is 0 Å². The van der Waals surface area contributed by atoms with Crippen molar-refractivity contribution in [2.24, 2.45) is 0 Å². The molecule has 2 unspecified atom stereocenters. The largest absolute Gasteiger partial charge is 0.499 e. The molecule has 2 rings (SSSR count). The summed E-state index contributed by atoms with van der Waals surface area (Å²) in [6.07, 6.45) is 1.79. The van der Waals surface area contributed by atoms with Gasteiger partial charge in [-0.3, -0.25) is 0 Å². The van der Waals surface area contributed by atoms with E-state index in [-0.39, 0.29) is 12.7 Å². The maximum absolute atomic E-state index is 9.82. The van der Waals surface area contributed by atoms with Crippen LogP contribution in [0.1, 0.15) is 18.8 Å². The zero-order chi connectivity index (χ0) is 12.8. The molecule has 1 heterocycles. The quantitative estimate of drug-likeness (QED) is 0.828. The molecular formula is C14H18O4. The van der Waals surface area contributed by atoms with Crippen LogP contribution in [-0.4, -0.2) is 30.5 Å². The van der Waals surface area contributed by atoms with Gasteiger partial charge in [-0.2, -0.15) is 0 Å². The molecule has 3 atom stereocenters. The molecule has 0 bridgehead atoms. The van der Waals surface area contributed by atoms with Gasteiger partial charge >= 0.3 is 0 Å². The zero-order valence-electron chi connectivity index (χ0n) is 10.4. The second-order valence-corrected chi connectivity index (χ2v) is 4.19. The van der Waals surface area contributed by atoms with Crippen LogP contribution in [0.4, 0.5) is 0 Å². The predicted octanol–water partition coefficient (Wildman–Crippen LogP) is 2.01. The van der Waals surface area contributed by atoms with Crippen LogP contribution in [0, 0.1) is 0 Å². The first-order valence-electron chi connectivity index (χ1n) is 6.04. The first kappa shape index (κ1) is 13.1. The number of ether oxygens (including phenoxy) is 3. The Bertz CT molecular complexity index is 377. The van der Waals surface area contributed by atoms with E-state index >= 15 is 0 Å². The Labute approximate surface area is 107 Å². The lowest BCUT2D eigenvalue weighted by atomic mass is 10.2. The summed E-state index contributed by atoms with van der Waals surface area (Å²) in [5.74, 6) is 0. The summed E-state index contributed by atoms with van der Waals surface area (Å²) < 4.78 is 16.5. The van der Waals surface area contributed by atoms with Crippen LogP contribution in [0.3, 0.4) is 0 Å². The van der Waals surface area contributed by atoms with Crippen LogP contribution in [0.15, 0.2) is 42.7 Å². The van der Waals surface area contributed by atoms with Crippen molar-refractivity contribution in [2.45, 2.75) is 25.4 Å². The molecule has 0 saturated heterocycles. The minimum Gasteiger partial charge on any atom is -0.499 e. The Hall–Kier alpha value is -1.36. The molecule has 4 heteroatoms. The minimum absolute atomic E-state index is 0.221. The van der Waals surface area contributed by atoms with E-state index in [0.717, 1.165) is 5.56 Å². The van der Waals surface area contributed by atoms with Crippen LogP contribution in [0.2, 0.25) is 0 Å². The number of hydrogen-bond acceptors (Lipinski definition) is 4. The van der Waals surface area contributed by atoms with E-state index in [9.17, 15) is 5.11 Å². The third-order valence-electron chi connectivity index (χ3n) is 2.76. The van der Waals surface area contributed by atoms with Gasteiger partial charge in [0.15, 0.2) is 6.29 Å². The smallest absolute Gasteiger partial charge is 0.184 e. The first-order valence-corrected chi connectivity index (χ1v) is 6.04. The normalized spacial score (nSPS) is 31.3. The SMILES string of the molecule is C[C@@H]1OC(c2ccccc2)OC/C=C\OCC1O. The maximum Gasteiger partial charge on any atom is 0.184 e. The van der Waals surface area contributed by atoms with Crippen molar-refractivity contribution in [1.82, 2.24) is 0 Å². The number of rotatable bonds is 1. The molecule has 0 fully saturated rings. The van der Waals surface area contributed by atoms with Crippen LogP contribution in [-0.2, 0) is 14.2 Å². The molecule has 98 valence electrons. The van der Waals surface area contributed by atoms with Gasteiger partial charge in [0.05, 0.1) is 19.0 Å². The average molecular weight is 250 g/mol. The summed E-state index contributed by atoms with van der Waals surface area (Å²) in [7, 11) is 0. The molecule has 1 aliphatic heterocycles. The van der Waals surface area contributed by atoms with Gasteiger partial charge in [0.2, 0.25) is 0 Å². The highest BCUT2D eigenvalue weighted by molar-refractivity contribution is 5.16. The van der Waals surface area contributed by atoms with Gasteiger partial charge in [0.1, 0.15) is 12.7 Å². The maximum atomic E-state index is 9.82. The van der Waals surface area contributed by atoms with Gasteiger partial charge in [-0.25, -0.2) is 0 Å². The fraction of sp³-hybridized carbons (Fsp3) is 0.429.